The zero-order valence-corrected chi connectivity index (χ0v) is 17.1. The van der Waals surface area contributed by atoms with Gasteiger partial charge in [0, 0.05) is 19.2 Å². The molecule has 2 aromatic carbocycles. The van der Waals surface area contributed by atoms with E-state index in [-0.39, 0.29) is 11.7 Å². The molecule has 0 spiro atoms. The largest absolute Gasteiger partial charge is 0.486 e. The zero-order chi connectivity index (χ0) is 20.2. The number of nitrogens with zero attached hydrogens (tertiary/aromatic N) is 3. The monoisotopic (exact) mass is 411 g/mol. The molecule has 0 N–H and O–H groups in total. The van der Waals surface area contributed by atoms with Gasteiger partial charge in [0.2, 0.25) is 11.8 Å². The van der Waals surface area contributed by atoms with E-state index in [0.29, 0.717) is 30.9 Å². The van der Waals surface area contributed by atoms with Crippen molar-refractivity contribution in [3.05, 3.63) is 53.6 Å². The Labute approximate surface area is 173 Å². The van der Waals surface area contributed by atoms with E-state index >= 15 is 0 Å². The second-order valence-corrected chi connectivity index (χ2v) is 7.63. The number of thioether (sulfide) groups is 1. The van der Waals surface area contributed by atoms with Gasteiger partial charge in [-0.2, -0.15) is 0 Å². The molecule has 0 saturated carbocycles. The molecule has 7 nitrogen and oxygen atoms in total. The highest BCUT2D eigenvalue weighted by Crippen LogP contribution is 2.31. The van der Waals surface area contributed by atoms with E-state index in [1.54, 1.807) is 11.9 Å². The molecule has 0 atom stereocenters. The van der Waals surface area contributed by atoms with E-state index in [0.717, 1.165) is 28.2 Å². The predicted molar refractivity (Wildman–Crippen MR) is 109 cm³/mol. The lowest BCUT2D eigenvalue weighted by Gasteiger charge is -2.21. The van der Waals surface area contributed by atoms with Crippen LogP contribution in [0.2, 0.25) is 0 Å². The van der Waals surface area contributed by atoms with Gasteiger partial charge in [-0.1, -0.05) is 36.0 Å². The van der Waals surface area contributed by atoms with Crippen LogP contribution in [0.25, 0.3) is 11.5 Å². The summed E-state index contributed by atoms with van der Waals surface area (Å²) in [6, 6.07) is 13.5. The fourth-order valence-electron chi connectivity index (χ4n) is 2.97. The molecule has 0 radical (unpaired) electrons. The van der Waals surface area contributed by atoms with Crippen molar-refractivity contribution in [1.82, 2.24) is 15.1 Å². The van der Waals surface area contributed by atoms with E-state index in [1.165, 1.54) is 11.8 Å². The second-order valence-electron chi connectivity index (χ2n) is 6.70. The summed E-state index contributed by atoms with van der Waals surface area (Å²) < 4.78 is 16.8. The van der Waals surface area contributed by atoms with Gasteiger partial charge in [0.25, 0.3) is 5.22 Å². The Hall–Kier alpha value is -3.00. The van der Waals surface area contributed by atoms with Crippen molar-refractivity contribution in [3.8, 4) is 23.0 Å². The Bertz CT molecular complexity index is 1020. The minimum absolute atomic E-state index is 0.0273. The van der Waals surface area contributed by atoms with Gasteiger partial charge >= 0.3 is 0 Å². The highest BCUT2D eigenvalue weighted by atomic mass is 32.2. The summed E-state index contributed by atoms with van der Waals surface area (Å²) in [6.45, 7) is 3.57. The van der Waals surface area contributed by atoms with Crippen molar-refractivity contribution in [2.75, 3.05) is 26.0 Å². The SMILES string of the molecule is Cc1ccccc1-c1nnc(SCC(=O)N(C)Cc2ccc3c(c2)OCCO3)o1. The number of aryl methyl sites for hydroxylation is 1. The molecule has 8 heteroatoms. The number of rotatable bonds is 6. The zero-order valence-electron chi connectivity index (χ0n) is 16.3. The molecule has 1 aliphatic rings. The van der Waals surface area contributed by atoms with E-state index in [1.807, 2.05) is 49.4 Å². The van der Waals surface area contributed by atoms with Crippen LogP contribution < -0.4 is 9.47 Å². The molecule has 0 bridgehead atoms. The summed E-state index contributed by atoms with van der Waals surface area (Å²) in [4.78, 5) is 14.2. The van der Waals surface area contributed by atoms with Crippen LogP contribution in [0.5, 0.6) is 11.5 Å². The third-order valence-electron chi connectivity index (χ3n) is 4.55. The van der Waals surface area contributed by atoms with Crippen molar-refractivity contribution in [2.24, 2.45) is 0 Å². The van der Waals surface area contributed by atoms with Gasteiger partial charge in [0.1, 0.15) is 13.2 Å². The Morgan fingerprint density at radius 1 is 1.10 bits per heavy atom. The van der Waals surface area contributed by atoms with E-state index in [9.17, 15) is 4.79 Å². The van der Waals surface area contributed by atoms with Gasteiger partial charge in [0.15, 0.2) is 11.5 Å². The van der Waals surface area contributed by atoms with Crippen molar-refractivity contribution in [3.63, 3.8) is 0 Å². The van der Waals surface area contributed by atoms with E-state index in [4.69, 9.17) is 13.9 Å². The molecule has 150 valence electrons. The summed E-state index contributed by atoms with van der Waals surface area (Å²) in [6.07, 6.45) is 0. The van der Waals surface area contributed by atoms with Gasteiger partial charge in [-0.15, -0.1) is 10.2 Å². The molecular weight excluding hydrogens is 390 g/mol. The first-order chi connectivity index (χ1) is 14.1. The Kier molecular flexibility index (Phi) is 5.71. The number of benzene rings is 2. The predicted octanol–water partition coefficient (Wildman–Crippen LogP) is 3.57. The van der Waals surface area contributed by atoms with Gasteiger partial charge in [-0.3, -0.25) is 4.79 Å². The van der Waals surface area contributed by atoms with Crippen LogP contribution in [-0.4, -0.2) is 47.0 Å². The first kappa shape index (κ1) is 19.3. The first-order valence-corrected chi connectivity index (χ1v) is 10.2. The summed E-state index contributed by atoms with van der Waals surface area (Å²) in [7, 11) is 1.77. The van der Waals surface area contributed by atoms with E-state index in [2.05, 4.69) is 10.2 Å². The third-order valence-corrected chi connectivity index (χ3v) is 5.36. The maximum Gasteiger partial charge on any atom is 0.277 e. The number of fused-ring (bicyclic) bond motifs is 1. The number of aromatic nitrogens is 2. The maximum absolute atomic E-state index is 12.5. The minimum Gasteiger partial charge on any atom is -0.486 e. The highest BCUT2D eigenvalue weighted by molar-refractivity contribution is 7.99. The number of hydrogen-bond acceptors (Lipinski definition) is 7. The number of carbonyl (C=O) groups excluding carboxylic acids is 1. The number of amides is 1. The van der Waals surface area contributed by atoms with Crippen molar-refractivity contribution < 1.29 is 18.7 Å². The molecule has 1 aromatic heterocycles. The quantitative estimate of drug-likeness (QED) is 0.574. The van der Waals surface area contributed by atoms with Crippen LogP contribution in [0.4, 0.5) is 0 Å². The smallest absolute Gasteiger partial charge is 0.277 e. The molecule has 4 rings (SSSR count). The van der Waals surface area contributed by atoms with Crippen molar-refractivity contribution >= 4 is 17.7 Å². The van der Waals surface area contributed by atoms with Crippen LogP contribution in [0.15, 0.2) is 52.1 Å². The van der Waals surface area contributed by atoms with Crippen LogP contribution >= 0.6 is 11.8 Å². The molecule has 2 heterocycles. The topological polar surface area (TPSA) is 77.7 Å². The van der Waals surface area contributed by atoms with Gasteiger partial charge in [-0.05, 0) is 36.2 Å². The Morgan fingerprint density at radius 2 is 1.90 bits per heavy atom. The number of hydrogen-bond donors (Lipinski definition) is 0. The summed E-state index contributed by atoms with van der Waals surface area (Å²) in [5.74, 6) is 2.11. The first-order valence-electron chi connectivity index (χ1n) is 9.25. The molecule has 0 saturated heterocycles. The molecular formula is C21H21N3O4S. The molecule has 0 aliphatic carbocycles. The van der Waals surface area contributed by atoms with Crippen LogP contribution in [0.3, 0.4) is 0 Å². The van der Waals surface area contributed by atoms with Crippen molar-refractivity contribution in [1.29, 1.82) is 0 Å². The summed E-state index contributed by atoms with van der Waals surface area (Å²) in [5, 5.41) is 8.51. The lowest BCUT2D eigenvalue weighted by atomic mass is 10.1. The fraction of sp³-hybridized carbons (Fsp3) is 0.286. The van der Waals surface area contributed by atoms with Crippen LogP contribution in [-0.2, 0) is 11.3 Å². The minimum atomic E-state index is -0.0273. The average molecular weight is 411 g/mol. The van der Waals surface area contributed by atoms with Gasteiger partial charge < -0.3 is 18.8 Å². The van der Waals surface area contributed by atoms with Crippen LogP contribution in [0.1, 0.15) is 11.1 Å². The summed E-state index contributed by atoms with van der Waals surface area (Å²) in [5.41, 5.74) is 2.94. The molecule has 0 unspecified atom stereocenters. The molecule has 0 fully saturated rings. The van der Waals surface area contributed by atoms with Crippen LogP contribution in [0, 0.1) is 6.92 Å². The maximum atomic E-state index is 12.5. The number of ether oxygens (including phenoxy) is 2. The Balaban J connectivity index is 1.33. The fourth-order valence-corrected chi connectivity index (χ4v) is 3.68. The lowest BCUT2D eigenvalue weighted by molar-refractivity contribution is -0.127. The van der Waals surface area contributed by atoms with Gasteiger partial charge in [-0.25, -0.2) is 0 Å². The molecule has 1 aliphatic heterocycles. The molecule has 1 amide bonds. The number of carbonyl (C=O) groups is 1. The molecule has 3 aromatic rings. The second kappa shape index (κ2) is 8.57. The lowest BCUT2D eigenvalue weighted by Crippen LogP contribution is -2.27. The van der Waals surface area contributed by atoms with E-state index < -0.39 is 0 Å². The normalized spacial score (nSPS) is 12.6. The summed E-state index contributed by atoms with van der Waals surface area (Å²) >= 11 is 1.24. The van der Waals surface area contributed by atoms with Gasteiger partial charge in [0.05, 0.1) is 5.75 Å². The Morgan fingerprint density at radius 3 is 2.72 bits per heavy atom. The van der Waals surface area contributed by atoms with Crippen molar-refractivity contribution in [2.45, 2.75) is 18.7 Å². The molecule has 29 heavy (non-hydrogen) atoms. The average Bonchev–Trinajstić information content (AvgIpc) is 3.21. The highest BCUT2D eigenvalue weighted by Gasteiger charge is 2.16. The third kappa shape index (κ3) is 4.54. The standard InChI is InChI=1S/C21H21N3O4S/c1-14-5-3-4-6-16(14)20-22-23-21(28-20)29-13-19(25)24(2)12-15-7-8-17-18(11-15)27-10-9-26-17/h3-8,11H,9-10,12-13H2,1-2H3.